The highest BCUT2D eigenvalue weighted by Crippen LogP contribution is 2.18. The Balaban J connectivity index is 2.04. The van der Waals surface area contributed by atoms with Crippen molar-refractivity contribution in [3.05, 3.63) is 63.2 Å². The second kappa shape index (κ2) is 8.11. The maximum atomic E-state index is 12.1. The lowest BCUT2D eigenvalue weighted by Crippen LogP contribution is -2.10. The number of carbonyl (C=O) groups excluding carboxylic acids is 1. The van der Waals surface area contributed by atoms with Gasteiger partial charge >= 0.3 is 5.97 Å². The average Bonchev–Trinajstić information content (AvgIpc) is 2.48. The molecular formula is C16H15IO4. The zero-order valence-corrected chi connectivity index (χ0v) is 13.7. The number of hydrogen-bond acceptors (Lipinski definition) is 4. The minimum absolute atomic E-state index is 0.228. The molecule has 0 spiro atoms. The molecule has 0 N–H and O–H groups in total. The van der Waals surface area contributed by atoms with Crippen LogP contribution >= 0.6 is 22.6 Å². The van der Waals surface area contributed by atoms with Crippen LogP contribution < -0.4 is 4.74 Å². The third-order valence-electron chi connectivity index (χ3n) is 2.67. The van der Waals surface area contributed by atoms with Crippen LogP contribution in [0.5, 0.6) is 5.75 Å². The van der Waals surface area contributed by atoms with Gasteiger partial charge in [0.2, 0.25) is 0 Å². The van der Waals surface area contributed by atoms with Crippen LogP contribution in [0.4, 0.5) is 0 Å². The van der Waals surface area contributed by atoms with Crippen LogP contribution in [-0.2, 0) is 16.1 Å². The quantitative estimate of drug-likeness (QED) is 0.245. The number of esters is 1. The minimum Gasteiger partial charge on any atom is -0.423 e. The Kier molecular flexibility index (Phi) is 6.16. The van der Waals surface area contributed by atoms with E-state index < -0.39 is 0 Å². The highest BCUT2D eigenvalue weighted by Gasteiger charge is 2.11. The first-order chi connectivity index (χ1) is 10.2. The summed E-state index contributed by atoms with van der Waals surface area (Å²) >= 11 is 2.11. The summed E-state index contributed by atoms with van der Waals surface area (Å²) in [5.41, 5.74) is 1.47. The molecule has 0 aliphatic carbocycles. The van der Waals surface area contributed by atoms with E-state index in [4.69, 9.17) is 14.2 Å². The molecule has 0 atom stereocenters. The lowest BCUT2D eigenvalue weighted by atomic mass is 10.2. The second-order valence-corrected chi connectivity index (χ2v) is 5.43. The van der Waals surface area contributed by atoms with Gasteiger partial charge in [0, 0.05) is 10.7 Å². The summed E-state index contributed by atoms with van der Waals surface area (Å²) in [5, 5.41) is 0. The predicted molar refractivity (Wildman–Crippen MR) is 87.2 cm³/mol. The summed E-state index contributed by atoms with van der Waals surface area (Å²) in [5.74, 6) is 0.133. The fraction of sp³-hybridized carbons (Fsp3) is 0.188. The molecule has 4 nitrogen and oxygen atoms in total. The molecule has 0 aliphatic rings. The van der Waals surface area contributed by atoms with E-state index in [1.807, 2.05) is 30.3 Å². The highest BCUT2D eigenvalue weighted by molar-refractivity contribution is 14.1. The van der Waals surface area contributed by atoms with Crippen LogP contribution in [-0.4, -0.2) is 19.9 Å². The summed E-state index contributed by atoms with van der Waals surface area (Å²) in [4.78, 5) is 12.1. The van der Waals surface area contributed by atoms with Gasteiger partial charge in [0.05, 0.1) is 12.2 Å². The fourth-order valence-electron chi connectivity index (χ4n) is 1.73. The standard InChI is InChI=1S/C16H15IO4/c1-19-11-20-10-12-5-4-6-13(9-12)21-16(18)14-7-2-3-8-15(14)17/h2-9H,10-11H2,1H3. The first-order valence-electron chi connectivity index (χ1n) is 6.33. The molecule has 21 heavy (non-hydrogen) atoms. The topological polar surface area (TPSA) is 44.8 Å². The van der Waals surface area contributed by atoms with E-state index in [2.05, 4.69) is 22.6 Å². The van der Waals surface area contributed by atoms with E-state index in [0.717, 1.165) is 9.13 Å². The predicted octanol–water partition coefficient (Wildman–Crippen LogP) is 3.63. The van der Waals surface area contributed by atoms with Crippen LogP contribution in [0.1, 0.15) is 15.9 Å². The molecule has 0 unspecified atom stereocenters. The highest BCUT2D eigenvalue weighted by atomic mass is 127. The van der Waals surface area contributed by atoms with Gasteiger partial charge < -0.3 is 14.2 Å². The number of benzene rings is 2. The number of ether oxygens (including phenoxy) is 3. The summed E-state index contributed by atoms with van der Waals surface area (Å²) < 4.78 is 16.3. The van der Waals surface area contributed by atoms with Crippen molar-refractivity contribution in [2.24, 2.45) is 0 Å². The van der Waals surface area contributed by atoms with E-state index in [1.165, 1.54) is 0 Å². The molecule has 110 valence electrons. The molecule has 2 rings (SSSR count). The van der Waals surface area contributed by atoms with Crippen LogP contribution in [0.15, 0.2) is 48.5 Å². The average molecular weight is 398 g/mol. The van der Waals surface area contributed by atoms with Gasteiger partial charge in [-0.2, -0.15) is 0 Å². The number of carbonyl (C=O) groups is 1. The number of hydrogen-bond donors (Lipinski definition) is 0. The van der Waals surface area contributed by atoms with Crippen molar-refractivity contribution in [2.45, 2.75) is 6.61 Å². The molecule has 0 fully saturated rings. The molecule has 2 aromatic carbocycles. The first kappa shape index (κ1) is 15.9. The maximum Gasteiger partial charge on any atom is 0.344 e. The smallest absolute Gasteiger partial charge is 0.344 e. The van der Waals surface area contributed by atoms with Gasteiger partial charge in [-0.1, -0.05) is 24.3 Å². The maximum absolute atomic E-state index is 12.1. The van der Waals surface area contributed by atoms with Crippen molar-refractivity contribution in [3.8, 4) is 5.75 Å². The van der Waals surface area contributed by atoms with Gasteiger partial charge in [-0.15, -0.1) is 0 Å². The number of halogens is 1. The molecule has 0 heterocycles. The number of rotatable bonds is 6. The van der Waals surface area contributed by atoms with Gasteiger partial charge in [0.1, 0.15) is 12.5 Å². The van der Waals surface area contributed by atoms with E-state index in [-0.39, 0.29) is 12.8 Å². The molecule has 0 aliphatic heterocycles. The Morgan fingerprint density at radius 1 is 1.14 bits per heavy atom. The summed E-state index contributed by atoms with van der Waals surface area (Å²) in [6.07, 6.45) is 0. The van der Waals surface area contributed by atoms with Gasteiger partial charge in [-0.3, -0.25) is 0 Å². The van der Waals surface area contributed by atoms with Crippen molar-refractivity contribution in [1.29, 1.82) is 0 Å². The van der Waals surface area contributed by atoms with Gasteiger partial charge in [-0.25, -0.2) is 4.79 Å². The molecule has 0 bridgehead atoms. The monoisotopic (exact) mass is 398 g/mol. The van der Waals surface area contributed by atoms with E-state index >= 15 is 0 Å². The van der Waals surface area contributed by atoms with Gasteiger partial charge in [0.15, 0.2) is 0 Å². The first-order valence-corrected chi connectivity index (χ1v) is 7.41. The van der Waals surface area contributed by atoms with E-state index in [0.29, 0.717) is 17.9 Å². The van der Waals surface area contributed by atoms with Gasteiger partial charge in [0.25, 0.3) is 0 Å². The molecular weight excluding hydrogens is 383 g/mol. The van der Waals surface area contributed by atoms with Crippen LogP contribution in [0.2, 0.25) is 0 Å². The van der Waals surface area contributed by atoms with Crippen molar-refractivity contribution in [2.75, 3.05) is 13.9 Å². The molecule has 0 saturated heterocycles. The Labute approximate surface area is 137 Å². The molecule has 5 heteroatoms. The van der Waals surface area contributed by atoms with Gasteiger partial charge in [-0.05, 0) is 52.4 Å². The summed E-state index contributed by atoms with van der Waals surface area (Å²) in [7, 11) is 1.57. The van der Waals surface area contributed by atoms with Crippen molar-refractivity contribution in [3.63, 3.8) is 0 Å². The molecule has 0 radical (unpaired) electrons. The third kappa shape index (κ3) is 4.80. The molecule has 2 aromatic rings. The van der Waals surface area contributed by atoms with Crippen LogP contribution in [0.3, 0.4) is 0 Å². The Morgan fingerprint density at radius 3 is 2.71 bits per heavy atom. The van der Waals surface area contributed by atoms with Crippen molar-refractivity contribution >= 4 is 28.6 Å². The second-order valence-electron chi connectivity index (χ2n) is 4.27. The Hall–Kier alpha value is -1.44. The van der Waals surface area contributed by atoms with Crippen LogP contribution in [0, 0.1) is 3.57 Å². The SMILES string of the molecule is COCOCc1cccc(OC(=O)c2ccccc2I)c1. The third-order valence-corrected chi connectivity index (χ3v) is 3.61. The minimum atomic E-state index is -0.366. The summed E-state index contributed by atoms with van der Waals surface area (Å²) in [6.45, 7) is 0.633. The lowest BCUT2D eigenvalue weighted by molar-refractivity contribution is -0.0391. The van der Waals surface area contributed by atoms with E-state index in [1.54, 1.807) is 25.3 Å². The zero-order valence-electron chi connectivity index (χ0n) is 11.5. The Bertz CT molecular complexity index is 613. The van der Waals surface area contributed by atoms with Crippen LogP contribution in [0.25, 0.3) is 0 Å². The fourth-order valence-corrected chi connectivity index (χ4v) is 2.34. The lowest BCUT2D eigenvalue weighted by Gasteiger charge is -2.08. The Morgan fingerprint density at radius 2 is 1.95 bits per heavy atom. The largest absolute Gasteiger partial charge is 0.423 e. The molecule has 0 saturated carbocycles. The zero-order chi connectivity index (χ0) is 15.1. The summed E-state index contributed by atoms with van der Waals surface area (Å²) in [6, 6.07) is 14.6. The normalized spacial score (nSPS) is 10.4. The molecule has 0 amide bonds. The molecule has 0 aromatic heterocycles. The van der Waals surface area contributed by atoms with Crippen molar-refractivity contribution in [1.82, 2.24) is 0 Å². The van der Waals surface area contributed by atoms with Crippen molar-refractivity contribution < 1.29 is 19.0 Å². The van der Waals surface area contributed by atoms with E-state index in [9.17, 15) is 4.79 Å². The number of methoxy groups -OCH3 is 1.